The maximum absolute atomic E-state index is 12.3. The van der Waals surface area contributed by atoms with Crippen molar-refractivity contribution in [3.63, 3.8) is 0 Å². The molecule has 0 unspecified atom stereocenters. The Morgan fingerprint density at radius 3 is 1.79 bits per heavy atom. The standard InChI is InChI=1S/C21H23NO2/c1-21(2,3)14-16-10-8-15(9-11-16)12-13-22-19(23)17-6-4-5-7-18(17)20(22)24/h4-11H,12-14H2,1-3H3. The fourth-order valence-electron chi connectivity index (χ4n) is 3.12. The summed E-state index contributed by atoms with van der Waals surface area (Å²) in [6.45, 7) is 7.10. The number of imide groups is 1. The monoisotopic (exact) mass is 321 g/mol. The third-order valence-corrected chi connectivity index (χ3v) is 4.26. The highest BCUT2D eigenvalue weighted by Crippen LogP contribution is 2.23. The van der Waals surface area contributed by atoms with Gasteiger partial charge in [-0.05, 0) is 41.5 Å². The number of carbonyl (C=O) groups is 2. The van der Waals surface area contributed by atoms with Crippen LogP contribution in [-0.2, 0) is 12.8 Å². The molecule has 24 heavy (non-hydrogen) atoms. The first-order chi connectivity index (χ1) is 11.3. The Hall–Kier alpha value is -2.42. The first-order valence-corrected chi connectivity index (χ1v) is 8.38. The van der Waals surface area contributed by atoms with Crippen molar-refractivity contribution in [2.45, 2.75) is 33.6 Å². The van der Waals surface area contributed by atoms with Gasteiger partial charge in [-0.1, -0.05) is 57.2 Å². The van der Waals surface area contributed by atoms with Gasteiger partial charge < -0.3 is 0 Å². The maximum Gasteiger partial charge on any atom is 0.261 e. The first-order valence-electron chi connectivity index (χ1n) is 8.38. The smallest absolute Gasteiger partial charge is 0.261 e. The normalized spacial score (nSPS) is 14.2. The van der Waals surface area contributed by atoms with E-state index in [0.717, 1.165) is 12.0 Å². The van der Waals surface area contributed by atoms with Crippen molar-refractivity contribution >= 4 is 11.8 Å². The molecule has 0 N–H and O–H groups in total. The van der Waals surface area contributed by atoms with Gasteiger partial charge in [0.25, 0.3) is 11.8 Å². The van der Waals surface area contributed by atoms with E-state index in [2.05, 4.69) is 45.0 Å². The zero-order valence-electron chi connectivity index (χ0n) is 14.5. The summed E-state index contributed by atoms with van der Waals surface area (Å²) in [5.74, 6) is -0.361. The van der Waals surface area contributed by atoms with Crippen LogP contribution < -0.4 is 0 Å². The van der Waals surface area contributed by atoms with E-state index >= 15 is 0 Å². The summed E-state index contributed by atoms with van der Waals surface area (Å²) in [7, 11) is 0. The van der Waals surface area contributed by atoms with Crippen molar-refractivity contribution in [3.05, 3.63) is 70.8 Å². The predicted molar refractivity (Wildman–Crippen MR) is 95.1 cm³/mol. The maximum atomic E-state index is 12.3. The average Bonchev–Trinajstić information content (AvgIpc) is 2.77. The van der Waals surface area contributed by atoms with Gasteiger partial charge in [0.1, 0.15) is 0 Å². The molecule has 3 rings (SSSR count). The fourth-order valence-corrected chi connectivity index (χ4v) is 3.12. The predicted octanol–water partition coefficient (Wildman–Crippen LogP) is 4.11. The summed E-state index contributed by atoms with van der Waals surface area (Å²) in [6.07, 6.45) is 1.72. The van der Waals surface area contributed by atoms with E-state index < -0.39 is 0 Å². The molecule has 0 bridgehead atoms. The summed E-state index contributed by atoms with van der Waals surface area (Å²) in [5, 5.41) is 0. The third kappa shape index (κ3) is 3.40. The summed E-state index contributed by atoms with van der Waals surface area (Å²) >= 11 is 0. The Bertz CT molecular complexity index is 734. The van der Waals surface area contributed by atoms with Gasteiger partial charge in [0.05, 0.1) is 11.1 Å². The molecule has 0 radical (unpaired) electrons. The van der Waals surface area contributed by atoms with E-state index in [1.54, 1.807) is 24.3 Å². The van der Waals surface area contributed by atoms with E-state index in [4.69, 9.17) is 0 Å². The van der Waals surface area contributed by atoms with Crippen LogP contribution in [0.5, 0.6) is 0 Å². The number of hydrogen-bond donors (Lipinski definition) is 0. The van der Waals surface area contributed by atoms with Crippen molar-refractivity contribution in [2.24, 2.45) is 5.41 Å². The van der Waals surface area contributed by atoms with E-state index in [1.807, 2.05) is 0 Å². The summed E-state index contributed by atoms with van der Waals surface area (Å²) < 4.78 is 0. The van der Waals surface area contributed by atoms with Gasteiger partial charge in [0.2, 0.25) is 0 Å². The van der Waals surface area contributed by atoms with Gasteiger partial charge in [0.15, 0.2) is 0 Å². The molecule has 0 saturated heterocycles. The Morgan fingerprint density at radius 1 is 0.792 bits per heavy atom. The van der Waals surface area contributed by atoms with Crippen LogP contribution in [0.2, 0.25) is 0 Å². The number of benzene rings is 2. The SMILES string of the molecule is CC(C)(C)Cc1ccc(CCN2C(=O)c3ccccc3C2=O)cc1. The van der Waals surface area contributed by atoms with Crippen LogP contribution >= 0.6 is 0 Å². The van der Waals surface area contributed by atoms with E-state index in [1.165, 1.54) is 10.5 Å². The Labute approximate surface area is 143 Å². The highest BCUT2D eigenvalue weighted by Gasteiger charge is 2.34. The number of carbonyl (C=O) groups excluding carboxylic acids is 2. The van der Waals surface area contributed by atoms with E-state index in [9.17, 15) is 9.59 Å². The molecule has 1 aliphatic heterocycles. The lowest BCUT2D eigenvalue weighted by Gasteiger charge is -2.18. The molecule has 2 amide bonds. The van der Waals surface area contributed by atoms with Crippen LogP contribution in [0.15, 0.2) is 48.5 Å². The van der Waals surface area contributed by atoms with Crippen LogP contribution in [0.1, 0.15) is 52.6 Å². The quantitative estimate of drug-likeness (QED) is 0.795. The molecule has 2 aromatic carbocycles. The number of hydrogen-bond acceptors (Lipinski definition) is 2. The second-order valence-corrected chi connectivity index (χ2v) is 7.61. The molecule has 1 heterocycles. The highest BCUT2D eigenvalue weighted by atomic mass is 16.2. The molecule has 0 spiro atoms. The lowest BCUT2D eigenvalue weighted by Crippen LogP contribution is -2.31. The Kier molecular flexibility index (Phi) is 4.27. The van der Waals surface area contributed by atoms with Gasteiger partial charge in [0, 0.05) is 6.54 Å². The van der Waals surface area contributed by atoms with Crippen LogP contribution in [0, 0.1) is 5.41 Å². The molecule has 3 heteroatoms. The second kappa shape index (κ2) is 6.23. The summed E-state index contributed by atoms with van der Waals surface area (Å²) in [5.41, 5.74) is 3.75. The van der Waals surface area contributed by atoms with Crippen LogP contribution in [0.25, 0.3) is 0 Å². The fraction of sp³-hybridized carbons (Fsp3) is 0.333. The second-order valence-electron chi connectivity index (χ2n) is 7.61. The van der Waals surface area contributed by atoms with Crippen molar-refractivity contribution in [1.82, 2.24) is 4.90 Å². The average molecular weight is 321 g/mol. The minimum Gasteiger partial charge on any atom is -0.274 e. The number of nitrogens with zero attached hydrogens (tertiary/aromatic N) is 1. The lowest BCUT2D eigenvalue weighted by atomic mass is 9.88. The molecule has 1 aliphatic rings. The molecular weight excluding hydrogens is 298 g/mol. The minimum absolute atomic E-state index is 0.181. The van der Waals surface area contributed by atoms with E-state index in [0.29, 0.717) is 24.1 Å². The van der Waals surface area contributed by atoms with Gasteiger partial charge in [-0.15, -0.1) is 0 Å². The molecule has 3 nitrogen and oxygen atoms in total. The zero-order valence-corrected chi connectivity index (χ0v) is 14.5. The Balaban J connectivity index is 1.65. The van der Waals surface area contributed by atoms with Crippen molar-refractivity contribution < 1.29 is 9.59 Å². The third-order valence-electron chi connectivity index (χ3n) is 4.26. The van der Waals surface area contributed by atoms with Gasteiger partial charge >= 0.3 is 0 Å². The molecule has 0 fully saturated rings. The summed E-state index contributed by atoms with van der Waals surface area (Å²) in [6, 6.07) is 15.5. The number of amides is 2. The molecule has 2 aromatic rings. The summed E-state index contributed by atoms with van der Waals surface area (Å²) in [4.78, 5) is 26.0. The van der Waals surface area contributed by atoms with Crippen LogP contribution in [0.4, 0.5) is 0 Å². The van der Waals surface area contributed by atoms with Gasteiger partial charge in [-0.3, -0.25) is 14.5 Å². The molecule has 124 valence electrons. The first kappa shape index (κ1) is 16.4. The minimum atomic E-state index is -0.181. The van der Waals surface area contributed by atoms with Gasteiger partial charge in [-0.2, -0.15) is 0 Å². The van der Waals surface area contributed by atoms with Crippen molar-refractivity contribution in [3.8, 4) is 0 Å². The Morgan fingerprint density at radius 2 is 1.29 bits per heavy atom. The molecule has 0 aliphatic carbocycles. The zero-order chi connectivity index (χ0) is 17.3. The molecular formula is C21H23NO2. The van der Waals surface area contributed by atoms with Gasteiger partial charge in [-0.25, -0.2) is 0 Å². The largest absolute Gasteiger partial charge is 0.274 e. The molecule has 0 saturated carbocycles. The van der Waals surface area contributed by atoms with Crippen molar-refractivity contribution in [1.29, 1.82) is 0 Å². The molecule has 0 aromatic heterocycles. The van der Waals surface area contributed by atoms with Crippen LogP contribution in [-0.4, -0.2) is 23.3 Å². The number of rotatable bonds is 4. The lowest BCUT2D eigenvalue weighted by molar-refractivity contribution is 0.0656. The topological polar surface area (TPSA) is 37.4 Å². The highest BCUT2D eigenvalue weighted by molar-refractivity contribution is 6.21. The van der Waals surface area contributed by atoms with Crippen molar-refractivity contribution in [2.75, 3.05) is 6.54 Å². The number of fused-ring (bicyclic) bond motifs is 1. The van der Waals surface area contributed by atoms with E-state index in [-0.39, 0.29) is 17.2 Å². The van der Waals surface area contributed by atoms with Crippen LogP contribution in [0.3, 0.4) is 0 Å². The molecule has 0 atom stereocenters.